The molecule has 0 radical (unpaired) electrons. The number of carbonyl (C=O) groups excluding carboxylic acids is 2. The van der Waals surface area contributed by atoms with Crippen LogP contribution in [0.2, 0.25) is 0 Å². The molecular formula is C28H26N2O3. The second kappa shape index (κ2) is 10.5. The summed E-state index contributed by atoms with van der Waals surface area (Å²) in [6.45, 7) is 2.19. The molecule has 0 aliphatic rings. The van der Waals surface area contributed by atoms with Crippen molar-refractivity contribution in [2.45, 2.75) is 19.4 Å². The molecule has 2 amide bonds. The number of ether oxygens (including phenoxy) is 1. The second-order valence-electron chi connectivity index (χ2n) is 7.80. The van der Waals surface area contributed by atoms with Gasteiger partial charge in [0.15, 0.2) is 6.10 Å². The molecule has 0 unspecified atom stereocenters. The van der Waals surface area contributed by atoms with Gasteiger partial charge in [0.2, 0.25) is 0 Å². The summed E-state index contributed by atoms with van der Waals surface area (Å²) in [5, 5.41) is 7.91. The maximum atomic E-state index is 12.8. The Labute approximate surface area is 193 Å². The molecule has 0 saturated heterocycles. The zero-order valence-electron chi connectivity index (χ0n) is 18.5. The summed E-state index contributed by atoms with van der Waals surface area (Å²) in [6.07, 6.45) is -0.00191. The Balaban J connectivity index is 1.37. The van der Waals surface area contributed by atoms with Crippen molar-refractivity contribution in [1.82, 2.24) is 5.32 Å². The predicted octanol–water partition coefficient (Wildman–Crippen LogP) is 5.22. The second-order valence-corrected chi connectivity index (χ2v) is 7.80. The van der Waals surface area contributed by atoms with Crippen molar-refractivity contribution in [1.29, 1.82) is 0 Å². The van der Waals surface area contributed by atoms with Gasteiger partial charge in [-0.1, -0.05) is 72.8 Å². The fourth-order valence-electron chi connectivity index (χ4n) is 3.58. The van der Waals surface area contributed by atoms with E-state index in [1.54, 1.807) is 31.2 Å². The van der Waals surface area contributed by atoms with Crippen molar-refractivity contribution in [2.75, 3.05) is 11.9 Å². The normalized spacial score (nSPS) is 11.5. The molecule has 5 heteroatoms. The fourth-order valence-corrected chi connectivity index (χ4v) is 3.58. The highest BCUT2D eigenvalue weighted by atomic mass is 16.5. The number of nitrogens with one attached hydrogen (secondary N) is 2. The highest BCUT2D eigenvalue weighted by Gasteiger charge is 2.18. The zero-order chi connectivity index (χ0) is 23.0. The SMILES string of the molecule is C[C@H](Oc1ccc2ccccc2c1)C(=O)Nc1ccccc1C(=O)NCCc1ccccc1. The van der Waals surface area contributed by atoms with Crippen molar-refractivity contribution in [2.24, 2.45) is 0 Å². The minimum atomic E-state index is -0.736. The summed E-state index contributed by atoms with van der Waals surface area (Å²) in [4.78, 5) is 25.5. The number of fused-ring (bicyclic) bond motifs is 1. The third kappa shape index (κ3) is 5.77. The Morgan fingerprint density at radius 1 is 0.818 bits per heavy atom. The molecule has 1 atom stereocenters. The molecular weight excluding hydrogens is 412 g/mol. The molecule has 0 aliphatic carbocycles. The quantitative estimate of drug-likeness (QED) is 0.396. The first kappa shape index (κ1) is 22.1. The van der Waals surface area contributed by atoms with Crippen LogP contribution in [0.15, 0.2) is 97.1 Å². The van der Waals surface area contributed by atoms with Crippen molar-refractivity contribution in [3.63, 3.8) is 0 Å². The van der Waals surface area contributed by atoms with Gasteiger partial charge in [-0.2, -0.15) is 0 Å². The Morgan fingerprint density at radius 2 is 1.52 bits per heavy atom. The summed E-state index contributed by atoms with van der Waals surface area (Å²) in [5.41, 5.74) is 2.02. The van der Waals surface area contributed by atoms with E-state index in [-0.39, 0.29) is 11.8 Å². The predicted molar refractivity (Wildman–Crippen MR) is 132 cm³/mol. The summed E-state index contributed by atoms with van der Waals surface area (Å²) in [5.74, 6) is 0.0564. The molecule has 0 saturated carbocycles. The number of rotatable bonds is 8. The molecule has 0 fully saturated rings. The Morgan fingerprint density at radius 3 is 2.33 bits per heavy atom. The van der Waals surface area contributed by atoms with E-state index in [1.807, 2.05) is 72.8 Å². The van der Waals surface area contributed by atoms with E-state index in [4.69, 9.17) is 4.74 Å². The zero-order valence-corrected chi connectivity index (χ0v) is 18.5. The van der Waals surface area contributed by atoms with E-state index in [2.05, 4.69) is 10.6 Å². The first-order valence-corrected chi connectivity index (χ1v) is 11.0. The Kier molecular flexibility index (Phi) is 7.00. The third-order valence-corrected chi connectivity index (χ3v) is 5.37. The maximum Gasteiger partial charge on any atom is 0.265 e. The van der Waals surface area contributed by atoms with E-state index < -0.39 is 6.10 Å². The number of benzene rings is 4. The molecule has 4 rings (SSSR count). The highest BCUT2D eigenvalue weighted by molar-refractivity contribution is 6.04. The lowest BCUT2D eigenvalue weighted by Gasteiger charge is -2.17. The van der Waals surface area contributed by atoms with E-state index in [9.17, 15) is 9.59 Å². The maximum absolute atomic E-state index is 12.8. The Hall–Kier alpha value is -4.12. The minimum absolute atomic E-state index is 0.232. The van der Waals surface area contributed by atoms with Crippen LogP contribution in [0.25, 0.3) is 10.8 Å². The smallest absolute Gasteiger partial charge is 0.265 e. The average Bonchev–Trinajstić information content (AvgIpc) is 2.85. The largest absolute Gasteiger partial charge is 0.481 e. The lowest BCUT2D eigenvalue weighted by atomic mass is 10.1. The standard InChI is InChI=1S/C28H26N2O3/c1-20(33-24-16-15-22-11-5-6-12-23(22)19-24)27(31)30-26-14-8-7-13-25(26)28(32)29-18-17-21-9-3-2-4-10-21/h2-16,19-20H,17-18H2,1H3,(H,29,32)(H,30,31)/t20-/m0/s1. The number of hydrogen-bond donors (Lipinski definition) is 2. The first-order valence-electron chi connectivity index (χ1n) is 11.0. The fraction of sp³-hybridized carbons (Fsp3) is 0.143. The molecule has 0 spiro atoms. The molecule has 33 heavy (non-hydrogen) atoms. The molecule has 2 N–H and O–H groups in total. The van der Waals surface area contributed by atoms with Gasteiger partial charge in [0, 0.05) is 6.54 Å². The van der Waals surface area contributed by atoms with Crippen LogP contribution in [0, 0.1) is 0 Å². The monoisotopic (exact) mass is 438 g/mol. The van der Waals surface area contributed by atoms with Crippen LogP contribution in [-0.2, 0) is 11.2 Å². The lowest BCUT2D eigenvalue weighted by Crippen LogP contribution is -2.32. The van der Waals surface area contributed by atoms with Crippen LogP contribution >= 0.6 is 0 Å². The number of amides is 2. The number of para-hydroxylation sites is 1. The van der Waals surface area contributed by atoms with Crippen LogP contribution in [0.3, 0.4) is 0 Å². The topological polar surface area (TPSA) is 67.4 Å². The number of carbonyl (C=O) groups is 2. The van der Waals surface area contributed by atoms with Gasteiger partial charge in [-0.25, -0.2) is 0 Å². The molecule has 0 aliphatic heterocycles. The summed E-state index contributed by atoms with van der Waals surface area (Å²) >= 11 is 0. The van der Waals surface area contributed by atoms with Crippen molar-refractivity contribution in [3.8, 4) is 5.75 Å². The molecule has 0 aromatic heterocycles. The van der Waals surface area contributed by atoms with Crippen LogP contribution in [0.5, 0.6) is 5.75 Å². The van der Waals surface area contributed by atoms with Gasteiger partial charge in [0.25, 0.3) is 11.8 Å². The molecule has 0 bridgehead atoms. The van der Waals surface area contributed by atoms with Crippen molar-refractivity contribution in [3.05, 3.63) is 108 Å². The van der Waals surface area contributed by atoms with E-state index in [0.717, 1.165) is 22.8 Å². The molecule has 5 nitrogen and oxygen atoms in total. The Bertz CT molecular complexity index is 1250. The van der Waals surface area contributed by atoms with Crippen molar-refractivity contribution >= 4 is 28.3 Å². The number of anilines is 1. The number of hydrogen-bond acceptors (Lipinski definition) is 3. The van der Waals surface area contributed by atoms with Gasteiger partial charge in [-0.15, -0.1) is 0 Å². The highest BCUT2D eigenvalue weighted by Crippen LogP contribution is 2.22. The molecule has 4 aromatic rings. The van der Waals surface area contributed by atoms with Gasteiger partial charge in [0.05, 0.1) is 11.3 Å². The summed E-state index contributed by atoms with van der Waals surface area (Å²) < 4.78 is 5.86. The summed E-state index contributed by atoms with van der Waals surface area (Å²) in [7, 11) is 0. The summed E-state index contributed by atoms with van der Waals surface area (Å²) in [6, 6.07) is 30.6. The lowest BCUT2D eigenvalue weighted by molar-refractivity contribution is -0.122. The third-order valence-electron chi connectivity index (χ3n) is 5.37. The molecule has 0 heterocycles. The minimum Gasteiger partial charge on any atom is -0.481 e. The van der Waals surface area contributed by atoms with Gasteiger partial charge >= 0.3 is 0 Å². The van der Waals surface area contributed by atoms with E-state index in [1.165, 1.54) is 0 Å². The van der Waals surface area contributed by atoms with E-state index in [0.29, 0.717) is 23.5 Å². The van der Waals surface area contributed by atoms with Gasteiger partial charge in [-0.3, -0.25) is 9.59 Å². The molecule has 4 aromatic carbocycles. The van der Waals surface area contributed by atoms with Gasteiger partial charge < -0.3 is 15.4 Å². The van der Waals surface area contributed by atoms with Crippen LogP contribution < -0.4 is 15.4 Å². The average molecular weight is 439 g/mol. The van der Waals surface area contributed by atoms with Gasteiger partial charge in [0.1, 0.15) is 5.75 Å². The van der Waals surface area contributed by atoms with Crippen LogP contribution in [-0.4, -0.2) is 24.5 Å². The van der Waals surface area contributed by atoms with Gasteiger partial charge in [-0.05, 0) is 53.9 Å². The van der Waals surface area contributed by atoms with Crippen LogP contribution in [0.1, 0.15) is 22.8 Å². The van der Waals surface area contributed by atoms with Crippen LogP contribution in [0.4, 0.5) is 5.69 Å². The molecule has 166 valence electrons. The van der Waals surface area contributed by atoms with Crippen molar-refractivity contribution < 1.29 is 14.3 Å². The first-order chi connectivity index (χ1) is 16.1. The van der Waals surface area contributed by atoms with E-state index >= 15 is 0 Å².